The Kier molecular flexibility index (Phi) is 5.00. The van der Waals surface area contributed by atoms with Crippen LogP contribution in [0, 0.1) is 0 Å². The van der Waals surface area contributed by atoms with Crippen molar-refractivity contribution in [2.75, 3.05) is 0 Å². The van der Waals surface area contributed by atoms with Gasteiger partial charge in [-0.3, -0.25) is 4.68 Å². The van der Waals surface area contributed by atoms with Gasteiger partial charge >= 0.3 is 5.97 Å². The smallest absolute Gasteiger partial charge is 0.328 e. The lowest BCUT2D eigenvalue weighted by Gasteiger charge is -2.08. The van der Waals surface area contributed by atoms with Crippen LogP contribution in [0.1, 0.15) is 18.9 Å². The normalized spacial score (nSPS) is 11.0. The largest absolute Gasteiger partial charge is 0.478 e. The van der Waals surface area contributed by atoms with Crippen LogP contribution in [-0.4, -0.2) is 20.9 Å². The number of ether oxygens (including phenoxy) is 1. The molecule has 0 bridgehead atoms. The van der Waals surface area contributed by atoms with Crippen molar-refractivity contribution in [2.24, 2.45) is 0 Å². The summed E-state index contributed by atoms with van der Waals surface area (Å²) >= 11 is 6.13. The van der Waals surface area contributed by atoms with E-state index in [1.54, 1.807) is 35.3 Å². The maximum Gasteiger partial charge on any atom is 0.328 e. The van der Waals surface area contributed by atoms with Crippen molar-refractivity contribution < 1.29 is 14.6 Å². The second kappa shape index (κ2) is 6.95. The molecule has 1 N–H and O–H groups in total. The van der Waals surface area contributed by atoms with E-state index in [1.807, 2.05) is 0 Å². The van der Waals surface area contributed by atoms with Gasteiger partial charge in [0, 0.05) is 18.2 Å². The van der Waals surface area contributed by atoms with Crippen molar-refractivity contribution in [3.8, 4) is 11.5 Å². The third-order valence-corrected chi connectivity index (χ3v) is 2.98. The van der Waals surface area contributed by atoms with Gasteiger partial charge in [0.25, 0.3) is 0 Å². The molecule has 0 aliphatic rings. The zero-order chi connectivity index (χ0) is 15.2. The highest BCUT2D eigenvalue weighted by molar-refractivity contribution is 6.32. The first-order valence-corrected chi connectivity index (χ1v) is 6.87. The molecule has 6 heteroatoms. The molecule has 0 amide bonds. The minimum Gasteiger partial charge on any atom is -0.478 e. The Balaban J connectivity index is 2.27. The first-order chi connectivity index (χ1) is 10.1. The summed E-state index contributed by atoms with van der Waals surface area (Å²) in [4.78, 5) is 10.6. The predicted molar refractivity (Wildman–Crippen MR) is 80.7 cm³/mol. The molecule has 0 aliphatic carbocycles. The second-order valence-corrected chi connectivity index (χ2v) is 4.78. The molecule has 5 nitrogen and oxygen atoms in total. The molecular weight excluding hydrogens is 292 g/mol. The molecule has 0 fully saturated rings. The minimum atomic E-state index is -1.03. The van der Waals surface area contributed by atoms with Crippen molar-refractivity contribution in [3.05, 3.63) is 47.3 Å². The van der Waals surface area contributed by atoms with Crippen molar-refractivity contribution in [1.82, 2.24) is 9.78 Å². The number of aromatic nitrogens is 2. The van der Waals surface area contributed by atoms with E-state index in [2.05, 4.69) is 12.0 Å². The van der Waals surface area contributed by atoms with Gasteiger partial charge in [-0.25, -0.2) is 4.79 Å². The summed E-state index contributed by atoms with van der Waals surface area (Å²) in [7, 11) is 0. The van der Waals surface area contributed by atoms with Crippen LogP contribution in [-0.2, 0) is 11.3 Å². The number of halogens is 1. The number of para-hydroxylation sites is 1. The highest BCUT2D eigenvalue weighted by Crippen LogP contribution is 2.33. The number of aliphatic carboxylic acids is 1. The fraction of sp³-hybridized carbons (Fsp3) is 0.200. The van der Waals surface area contributed by atoms with Crippen molar-refractivity contribution in [3.63, 3.8) is 0 Å². The average Bonchev–Trinajstić information content (AvgIpc) is 2.87. The van der Waals surface area contributed by atoms with Gasteiger partial charge in [-0.05, 0) is 18.6 Å². The maximum absolute atomic E-state index is 10.6. The molecule has 2 rings (SSSR count). The summed E-state index contributed by atoms with van der Waals surface area (Å²) in [6, 6.07) is 5.15. The number of hydrogen-bond donors (Lipinski definition) is 1. The minimum absolute atomic E-state index is 0.408. The van der Waals surface area contributed by atoms with Crippen LogP contribution in [0.4, 0.5) is 0 Å². The Morgan fingerprint density at radius 3 is 3.05 bits per heavy atom. The van der Waals surface area contributed by atoms with Crippen LogP contribution < -0.4 is 4.74 Å². The topological polar surface area (TPSA) is 64.3 Å². The number of carboxylic acid groups (broad SMARTS) is 1. The summed E-state index contributed by atoms with van der Waals surface area (Å²) in [6.45, 7) is 2.86. The van der Waals surface area contributed by atoms with E-state index >= 15 is 0 Å². The summed E-state index contributed by atoms with van der Waals surface area (Å²) in [5, 5.41) is 13.3. The van der Waals surface area contributed by atoms with Gasteiger partial charge in [0.15, 0.2) is 11.5 Å². The number of hydrogen-bond acceptors (Lipinski definition) is 3. The molecule has 0 aliphatic heterocycles. The van der Waals surface area contributed by atoms with Crippen LogP contribution in [0.3, 0.4) is 0 Å². The van der Waals surface area contributed by atoms with E-state index < -0.39 is 5.97 Å². The van der Waals surface area contributed by atoms with E-state index in [4.69, 9.17) is 21.4 Å². The highest BCUT2D eigenvalue weighted by atomic mass is 35.5. The third-order valence-electron chi connectivity index (χ3n) is 2.69. The Bertz CT molecular complexity index is 665. The molecular formula is C15H15ClN2O3. The molecule has 1 heterocycles. The molecule has 0 saturated carbocycles. The van der Waals surface area contributed by atoms with Gasteiger partial charge in [0.05, 0.1) is 17.4 Å². The van der Waals surface area contributed by atoms with Crippen molar-refractivity contribution in [2.45, 2.75) is 19.9 Å². The molecule has 0 radical (unpaired) electrons. The molecule has 21 heavy (non-hydrogen) atoms. The monoisotopic (exact) mass is 306 g/mol. The van der Waals surface area contributed by atoms with Gasteiger partial charge < -0.3 is 9.84 Å². The predicted octanol–water partition coefficient (Wildman–Crippen LogP) is 3.84. The first kappa shape index (κ1) is 15.1. The summed E-state index contributed by atoms with van der Waals surface area (Å²) in [5.74, 6) is -0.0640. The maximum atomic E-state index is 10.6. The fourth-order valence-corrected chi connectivity index (χ4v) is 2.01. The molecule has 2 aromatic rings. The molecule has 0 atom stereocenters. The Morgan fingerprint density at radius 2 is 2.33 bits per heavy atom. The van der Waals surface area contributed by atoms with Gasteiger partial charge in [-0.15, -0.1) is 0 Å². The molecule has 0 saturated heterocycles. The number of carbonyl (C=O) groups is 1. The lowest BCUT2D eigenvalue weighted by Crippen LogP contribution is -1.95. The molecule has 110 valence electrons. The van der Waals surface area contributed by atoms with Crippen LogP contribution in [0.2, 0.25) is 5.02 Å². The quantitative estimate of drug-likeness (QED) is 0.824. The number of benzene rings is 1. The first-order valence-electron chi connectivity index (χ1n) is 6.50. The van der Waals surface area contributed by atoms with Crippen molar-refractivity contribution >= 4 is 23.6 Å². The zero-order valence-electron chi connectivity index (χ0n) is 11.5. The number of rotatable bonds is 6. The SMILES string of the molecule is CCCn1cc(Oc2c(Cl)cccc2/C=C/C(=O)O)cn1. The van der Waals surface area contributed by atoms with E-state index in [9.17, 15) is 4.79 Å². The fourth-order valence-electron chi connectivity index (χ4n) is 1.79. The van der Waals surface area contributed by atoms with Crippen molar-refractivity contribution in [1.29, 1.82) is 0 Å². The summed E-state index contributed by atoms with van der Waals surface area (Å²) in [6.07, 6.45) is 6.83. The molecule has 0 spiro atoms. The van der Waals surface area contributed by atoms with Crippen LogP contribution in [0.15, 0.2) is 36.7 Å². The molecule has 1 aromatic heterocycles. The Morgan fingerprint density at radius 1 is 1.52 bits per heavy atom. The van der Waals surface area contributed by atoms with Gasteiger partial charge in [-0.2, -0.15) is 5.10 Å². The second-order valence-electron chi connectivity index (χ2n) is 4.37. The van der Waals surface area contributed by atoms with Gasteiger partial charge in [0.1, 0.15) is 0 Å². The molecule has 0 unspecified atom stereocenters. The summed E-state index contributed by atoms with van der Waals surface area (Å²) in [5.41, 5.74) is 0.591. The van der Waals surface area contributed by atoms with E-state index in [-0.39, 0.29) is 0 Å². The Hall–Kier alpha value is -2.27. The number of carboxylic acids is 1. The average molecular weight is 307 g/mol. The molecule has 1 aromatic carbocycles. The van der Waals surface area contributed by atoms with E-state index in [1.165, 1.54) is 6.08 Å². The summed E-state index contributed by atoms with van der Waals surface area (Å²) < 4.78 is 7.52. The van der Waals surface area contributed by atoms with Crippen LogP contribution in [0.25, 0.3) is 6.08 Å². The lowest BCUT2D eigenvalue weighted by atomic mass is 10.2. The van der Waals surface area contributed by atoms with Gasteiger partial charge in [-0.1, -0.05) is 30.7 Å². The van der Waals surface area contributed by atoms with E-state index in [0.717, 1.165) is 19.0 Å². The van der Waals surface area contributed by atoms with Crippen LogP contribution >= 0.6 is 11.6 Å². The van der Waals surface area contributed by atoms with Gasteiger partial charge in [0.2, 0.25) is 0 Å². The third kappa shape index (κ3) is 4.10. The highest BCUT2D eigenvalue weighted by Gasteiger charge is 2.09. The number of aryl methyl sites for hydroxylation is 1. The standard InChI is InChI=1S/C15H15ClN2O3/c1-2-8-18-10-12(9-17-18)21-15-11(6-7-14(19)20)4-3-5-13(15)16/h3-7,9-10H,2,8H2,1H3,(H,19,20)/b7-6+. The van der Waals surface area contributed by atoms with Crippen LogP contribution in [0.5, 0.6) is 11.5 Å². The Labute approximate surface area is 127 Å². The lowest BCUT2D eigenvalue weighted by molar-refractivity contribution is -0.131. The zero-order valence-corrected chi connectivity index (χ0v) is 12.2. The van der Waals surface area contributed by atoms with E-state index in [0.29, 0.717) is 22.1 Å². The number of nitrogens with zero attached hydrogens (tertiary/aromatic N) is 2.